The Morgan fingerprint density at radius 3 is 2.39 bits per heavy atom. The van der Waals surface area contributed by atoms with Crippen LogP contribution >= 0.6 is 0 Å². The molecule has 23 heavy (non-hydrogen) atoms. The summed E-state index contributed by atoms with van der Waals surface area (Å²) in [6, 6.07) is 21.6. The van der Waals surface area contributed by atoms with E-state index in [1.54, 1.807) is 0 Å². The van der Waals surface area contributed by atoms with E-state index in [2.05, 4.69) is 67.6 Å². The van der Waals surface area contributed by atoms with Gasteiger partial charge < -0.3 is 0 Å². The van der Waals surface area contributed by atoms with Crippen molar-refractivity contribution in [1.82, 2.24) is 4.98 Å². The molecular formula is C22H21N. The number of unbranched alkanes of at least 4 members (excludes halogenated alkanes) is 2. The van der Waals surface area contributed by atoms with E-state index in [4.69, 9.17) is 4.98 Å². The second-order valence-electron chi connectivity index (χ2n) is 6.25. The average Bonchev–Trinajstić information content (AvgIpc) is 2.61. The molecule has 1 aromatic heterocycles. The monoisotopic (exact) mass is 299 g/mol. The zero-order valence-corrected chi connectivity index (χ0v) is 13.5. The fourth-order valence-electron chi connectivity index (χ4n) is 3.53. The lowest BCUT2D eigenvalue weighted by Crippen LogP contribution is -1.94. The number of aryl methyl sites for hydroxylation is 1. The minimum absolute atomic E-state index is 1.11. The molecule has 1 heterocycles. The highest BCUT2D eigenvalue weighted by Crippen LogP contribution is 2.31. The van der Waals surface area contributed by atoms with Crippen LogP contribution in [0.15, 0.2) is 60.7 Å². The Balaban J connectivity index is 2.06. The van der Waals surface area contributed by atoms with Gasteiger partial charge in [-0.2, -0.15) is 0 Å². The maximum absolute atomic E-state index is 4.99. The van der Waals surface area contributed by atoms with Crippen molar-refractivity contribution in [2.75, 3.05) is 0 Å². The van der Waals surface area contributed by atoms with E-state index in [0.29, 0.717) is 0 Å². The third-order valence-electron chi connectivity index (χ3n) is 4.72. The Morgan fingerprint density at radius 1 is 0.739 bits per heavy atom. The van der Waals surface area contributed by atoms with E-state index < -0.39 is 0 Å². The van der Waals surface area contributed by atoms with Gasteiger partial charge in [-0.3, -0.25) is 0 Å². The van der Waals surface area contributed by atoms with Crippen LogP contribution in [0, 0.1) is 0 Å². The summed E-state index contributed by atoms with van der Waals surface area (Å²) >= 11 is 0. The number of hydrogen-bond acceptors (Lipinski definition) is 1. The van der Waals surface area contributed by atoms with Gasteiger partial charge in [-0.1, -0.05) is 74.4 Å². The lowest BCUT2D eigenvalue weighted by molar-refractivity contribution is 0.721. The predicted molar refractivity (Wildman–Crippen MR) is 100.0 cm³/mol. The number of nitrogens with zero attached hydrogens (tertiary/aromatic N) is 1. The highest BCUT2D eigenvalue weighted by atomic mass is 14.7. The number of aromatic nitrogens is 1. The summed E-state index contributed by atoms with van der Waals surface area (Å²) in [4.78, 5) is 4.99. The SMILES string of the molecule is CCCCCc1c2ccccc2nc2c1ccc1ccccc12. The molecule has 1 heteroatoms. The van der Waals surface area contributed by atoms with Gasteiger partial charge in [0.1, 0.15) is 0 Å². The second kappa shape index (κ2) is 6.00. The highest BCUT2D eigenvalue weighted by molar-refractivity contribution is 6.10. The van der Waals surface area contributed by atoms with E-state index >= 15 is 0 Å². The molecule has 0 spiro atoms. The fourth-order valence-corrected chi connectivity index (χ4v) is 3.53. The first-order valence-corrected chi connectivity index (χ1v) is 8.57. The first kappa shape index (κ1) is 14.2. The molecule has 0 N–H and O–H groups in total. The van der Waals surface area contributed by atoms with E-state index in [-0.39, 0.29) is 0 Å². The van der Waals surface area contributed by atoms with Crippen LogP contribution in [0.1, 0.15) is 31.7 Å². The van der Waals surface area contributed by atoms with Crippen LogP contribution in [0.4, 0.5) is 0 Å². The maximum Gasteiger partial charge on any atom is 0.0790 e. The van der Waals surface area contributed by atoms with Gasteiger partial charge >= 0.3 is 0 Å². The minimum atomic E-state index is 1.11. The van der Waals surface area contributed by atoms with Gasteiger partial charge in [0.2, 0.25) is 0 Å². The third-order valence-corrected chi connectivity index (χ3v) is 4.72. The number of rotatable bonds is 4. The van der Waals surface area contributed by atoms with Gasteiger partial charge in [0, 0.05) is 16.2 Å². The molecule has 0 atom stereocenters. The summed E-state index contributed by atoms with van der Waals surface area (Å²) in [5, 5.41) is 5.15. The summed E-state index contributed by atoms with van der Waals surface area (Å²) in [7, 11) is 0. The first-order chi connectivity index (χ1) is 11.4. The number of hydrogen-bond donors (Lipinski definition) is 0. The van der Waals surface area contributed by atoms with Crippen molar-refractivity contribution >= 4 is 32.6 Å². The molecule has 0 aliphatic heterocycles. The van der Waals surface area contributed by atoms with Crippen LogP contribution in [0.5, 0.6) is 0 Å². The fraction of sp³-hybridized carbons (Fsp3) is 0.227. The van der Waals surface area contributed by atoms with Crippen molar-refractivity contribution in [2.24, 2.45) is 0 Å². The molecule has 114 valence electrons. The van der Waals surface area contributed by atoms with Crippen molar-refractivity contribution in [3.63, 3.8) is 0 Å². The lowest BCUT2D eigenvalue weighted by atomic mass is 9.95. The zero-order valence-electron chi connectivity index (χ0n) is 13.5. The Kier molecular flexibility index (Phi) is 3.70. The van der Waals surface area contributed by atoms with E-state index in [1.165, 1.54) is 46.4 Å². The van der Waals surface area contributed by atoms with Crippen LogP contribution in [0.2, 0.25) is 0 Å². The summed E-state index contributed by atoms with van der Waals surface area (Å²) < 4.78 is 0. The number of benzene rings is 3. The number of pyridine rings is 1. The number of para-hydroxylation sites is 1. The average molecular weight is 299 g/mol. The topological polar surface area (TPSA) is 12.9 Å². The van der Waals surface area contributed by atoms with Gasteiger partial charge in [0.25, 0.3) is 0 Å². The normalized spacial score (nSPS) is 11.5. The molecule has 0 bridgehead atoms. The summed E-state index contributed by atoms with van der Waals surface area (Å²) in [6.45, 7) is 2.26. The summed E-state index contributed by atoms with van der Waals surface area (Å²) in [6.07, 6.45) is 4.91. The zero-order chi connectivity index (χ0) is 15.6. The maximum atomic E-state index is 4.99. The van der Waals surface area contributed by atoms with Gasteiger partial charge in [-0.05, 0) is 29.9 Å². The second-order valence-corrected chi connectivity index (χ2v) is 6.25. The number of fused-ring (bicyclic) bond motifs is 4. The molecule has 0 radical (unpaired) electrons. The largest absolute Gasteiger partial charge is 0.247 e. The molecule has 3 aromatic carbocycles. The molecule has 4 rings (SSSR count). The molecular weight excluding hydrogens is 278 g/mol. The molecule has 0 aliphatic rings. The van der Waals surface area contributed by atoms with Crippen LogP contribution in [-0.4, -0.2) is 4.98 Å². The molecule has 0 saturated carbocycles. The lowest BCUT2D eigenvalue weighted by Gasteiger charge is -2.12. The molecule has 0 aliphatic carbocycles. The highest BCUT2D eigenvalue weighted by Gasteiger charge is 2.10. The van der Waals surface area contributed by atoms with Gasteiger partial charge in [0.05, 0.1) is 11.0 Å². The standard InChI is InChI=1S/C22H21N/c1-2-3-4-11-18-19-12-7-8-13-21(19)23-22-17-10-6-5-9-16(17)14-15-20(18)22/h5-10,12-15H,2-4,11H2,1H3. The Morgan fingerprint density at radius 2 is 1.52 bits per heavy atom. The molecule has 4 aromatic rings. The Hall–Kier alpha value is -2.41. The van der Waals surface area contributed by atoms with E-state index in [9.17, 15) is 0 Å². The van der Waals surface area contributed by atoms with Crippen molar-refractivity contribution in [2.45, 2.75) is 32.6 Å². The van der Waals surface area contributed by atoms with Crippen LogP contribution in [-0.2, 0) is 6.42 Å². The van der Waals surface area contributed by atoms with Gasteiger partial charge in [-0.15, -0.1) is 0 Å². The van der Waals surface area contributed by atoms with Gasteiger partial charge in [0.15, 0.2) is 0 Å². The predicted octanol–water partition coefficient (Wildman–Crippen LogP) is 6.27. The molecule has 0 saturated heterocycles. The van der Waals surface area contributed by atoms with E-state index in [0.717, 1.165) is 17.5 Å². The molecule has 0 fully saturated rings. The van der Waals surface area contributed by atoms with Crippen molar-refractivity contribution < 1.29 is 0 Å². The van der Waals surface area contributed by atoms with Crippen LogP contribution < -0.4 is 0 Å². The smallest absolute Gasteiger partial charge is 0.0790 e. The summed E-state index contributed by atoms with van der Waals surface area (Å²) in [5.74, 6) is 0. The van der Waals surface area contributed by atoms with Crippen molar-refractivity contribution in [3.05, 3.63) is 66.2 Å². The minimum Gasteiger partial charge on any atom is -0.247 e. The quantitative estimate of drug-likeness (QED) is 0.246. The van der Waals surface area contributed by atoms with Crippen molar-refractivity contribution in [3.8, 4) is 0 Å². The Labute approximate surface area is 137 Å². The molecule has 1 nitrogen and oxygen atoms in total. The third kappa shape index (κ3) is 2.46. The molecule has 0 amide bonds. The van der Waals surface area contributed by atoms with Crippen molar-refractivity contribution in [1.29, 1.82) is 0 Å². The molecule has 0 unspecified atom stereocenters. The van der Waals surface area contributed by atoms with Crippen LogP contribution in [0.25, 0.3) is 32.6 Å². The Bertz CT molecular complexity index is 985. The van der Waals surface area contributed by atoms with E-state index in [1.807, 2.05) is 0 Å². The van der Waals surface area contributed by atoms with Crippen LogP contribution in [0.3, 0.4) is 0 Å². The van der Waals surface area contributed by atoms with Gasteiger partial charge in [-0.25, -0.2) is 4.98 Å². The first-order valence-electron chi connectivity index (χ1n) is 8.57. The summed E-state index contributed by atoms with van der Waals surface area (Å²) in [5.41, 5.74) is 3.72.